The number of piperidine rings is 1. The van der Waals surface area contributed by atoms with Crippen molar-refractivity contribution in [2.45, 2.75) is 43.5 Å². The van der Waals surface area contributed by atoms with Gasteiger partial charge in [0, 0.05) is 18.7 Å². The van der Waals surface area contributed by atoms with Crippen LogP contribution in [0, 0.1) is 5.82 Å². The highest BCUT2D eigenvalue weighted by molar-refractivity contribution is 7.89. The number of halogens is 1. The van der Waals surface area contributed by atoms with E-state index in [4.69, 9.17) is 0 Å². The van der Waals surface area contributed by atoms with E-state index in [9.17, 15) is 22.7 Å². The Morgan fingerprint density at radius 3 is 2.50 bits per heavy atom. The summed E-state index contributed by atoms with van der Waals surface area (Å²) >= 11 is 0. The van der Waals surface area contributed by atoms with Gasteiger partial charge in [0.1, 0.15) is 10.7 Å². The van der Waals surface area contributed by atoms with Crippen LogP contribution in [0.25, 0.3) is 0 Å². The summed E-state index contributed by atoms with van der Waals surface area (Å²) in [5.41, 5.74) is -0.828. The fraction of sp³-hybridized carbons (Fsp3) is 0.562. The average Bonchev–Trinajstić information content (AvgIpc) is 2.55. The molecule has 0 radical (unpaired) electrons. The number of amides is 1. The van der Waals surface area contributed by atoms with E-state index in [2.05, 4.69) is 5.32 Å². The summed E-state index contributed by atoms with van der Waals surface area (Å²) in [6.45, 7) is 3.68. The number of sulfonamides is 1. The average molecular weight is 358 g/mol. The molecule has 1 fully saturated rings. The van der Waals surface area contributed by atoms with Crippen LogP contribution in [0.5, 0.6) is 0 Å². The first-order chi connectivity index (χ1) is 11.2. The molecule has 1 aliphatic rings. The summed E-state index contributed by atoms with van der Waals surface area (Å²) in [5, 5.41) is 11.8. The normalized spacial score (nSPS) is 16.8. The lowest BCUT2D eigenvalue weighted by Crippen LogP contribution is -2.46. The third-order valence-electron chi connectivity index (χ3n) is 3.97. The quantitative estimate of drug-likeness (QED) is 0.835. The van der Waals surface area contributed by atoms with Crippen molar-refractivity contribution in [3.05, 3.63) is 29.6 Å². The Kier molecular flexibility index (Phi) is 5.62. The Morgan fingerprint density at radius 2 is 1.92 bits per heavy atom. The lowest BCUT2D eigenvalue weighted by molar-refractivity contribution is 0.0869. The van der Waals surface area contributed by atoms with Gasteiger partial charge in [-0.1, -0.05) is 6.42 Å². The van der Waals surface area contributed by atoms with Gasteiger partial charge in [-0.25, -0.2) is 12.8 Å². The lowest BCUT2D eigenvalue weighted by atomic mass is 10.1. The molecule has 8 heteroatoms. The highest BCUT2D eigenvalue weighted by Gasteiger charge is 2.30. The van der Waals surface area contributed by atoms with Gasteiger partial charge in [-0.2, -0.15) is 4.31 Å². The van der Waals surface area contributed by atoms with Crippen LogP contribution < -0.4 is 5.32 Å². The number of rotatable bonds is 5. The molecule has 0 aromatic heterocycles. The first kappa shape index (κ1) is 18.8. The lowest BCUT2D eigenvalue weighted by Gasteiger charge is -2.26. The number of nitrogens with zero attached hydrogens (tertiary/aromatic N) is 1. The summed E-state index contributed by atoms with van der Waals surface area (Å²) < 4.78 is 40.6. The summed E-state index contributed by atoms with van der Waals surface area (Å²) in [4.78, 5) is 11.7. The molecule has 0 unspecified atom stereocenters. The van der Waals surface area contributed by atoms with E-state index in [1.807, 2.05) is 0 Å². The van der Waals surface area contributed by atoms with Crippen LogP contribution in [-0.2, 0) is 10.0 Å². The fourth-order valence-electron chi connectivity index (χ4n) is 2.51. The summed E-state index contributed by atoms with van der Waals surface area (Å²) in [7, 11) is -3.97. The second-order valence-corrected chi connectivity index (χ2v) is 8.51. The largest absolute Gasteiger partial charge is 0.394 e. The van der Waals surface area contributed by atoms with Gasteiger partial charge in [0.05, 0.1) is 12.1 Å². The number of carbonyl (C=O) groups excluding carboxylic acids is 1. The SMILES string of the molecule is CC(C)(CO)NC(=O)c1ccc(F)c(S(=O)(=O)N2CCCCC2)c1. The van der Waals surface area contributed by atoms with Crippen molar-refractivity contribution in [2.24, 2.45) is 0 Å². The molecule has 0 spiro atoms. The van der Waals surface area contributed by atoms with Crippen molar-refractivity contribution in [3.63, 3.8) is 0 Å². The van der Waals surface area contributed by atoms with E-state index < -0.39 is 32.2 Å². The number of nitrogens with one attached hydrogen (secondary N) is 1. The zero-order valence-electron chi connectivity index (χ0n) is 13.9. The molecule has 2 rings (SSSR count). The second-order valence-electron chi connectivity index (χ2n) is 6.61. The molecule has 6 nitrogen and oxygen atoms in total. The van der Waals surface area contributed by atoms with Crippen LogP contribution >= 0.6 is 0 Å². The molecule has 1 saturated heterocycles. The highest BCUT2D eigenvalue weighted by Crippen LogP contribution is 2.24. The Bertz CT molecular complexity index is 713. The van der Waals surface area contributed by atoms with Crippen molar-refractivity contribution >= 4 is 15.9 Å². The molecule has 0 saturated carbocycles. The molecule has 134 valence electrons. The van der Waals surface area contributed by atoms with E-state index in [1.54, 1.807) is 13.8 Å². The van der Waals surface area contributed by atoms with Crippen molar-refractivity contribution in [2.75, 3.05) is 19.7 Å². The van der Waals surface area contributed by atoms with Crippen molar-refractivity contribution in [1.82, 2.24) is 9.62 Å². The topological polar surface area (TPSA) is 86.7 Å². The van der Waals surface area contributed by atoms with Gasteiger partial charge in [0.15, 0.2) is 0 Å². The third-order valence-corrected chi connectivity index (χ3v) is 5.89. The molecule has 2 N–H and O–H groups in total. The second kappa shape index (κ2) is 7.16. The fourth-order valence-corrected chi connectivity index (χ4v) is 4.11. The zero-order valence-corrected chi connectivity index (χ0v) is 14.7. The summed E-state index contributed by atoms with van der Waals surface area (Å²) in [5.74, 6) is -1.44. The van der Waals surface area contributed by atoms with Crippen LogP contribution in [0.15, 0.2) is 23.1 Å². The minimum atomic E-state index is -3.97. The minimum Gasteiger partial charge on any atom is -0.394 e. The van der Waals surface area contributed by atoms with Crippen molar-refractivity contribution in [3.8, 4) is 0 Å². The van der Waals surface area contributed by atoms with E-state index in [1.165, 1.54) is 10.4 Å². The molecular formula is C16H23FN2O4S. The van der Waals surface area contributed by atoms with Gasteiger partial charge in [0.2, 0.25) is 10.0 Å². The van der Waals surface area contributed by atoms with Gasteiger partial charge in [-0.15, -0.1) is 0 Å². The smallest absolute Gasteiger partial charge is 0.251 e. The molecule has 1 aromatic carbocycles. The van der Waals surface area contributed by atoms with E-state index in [-0.39, 0.29) is 12.2 Å². The molecule has 24 heavy (non-hydrogen) atoms. The van der Waals surface area contributed by atoms with Crippen LogP contribution in [0.3, 0.4) is 0 Å². The maximum Gasteiger partial charge on any atom is 0.251 e. The molecule has 0 aliphatic carbocycles. The van der Waals surface area contributed by atoms with Gasteiger partial charge >= 0.3 is 0 Å². The third kappa shape index (κ3) is 4.12. The molecule has 1 aromatic rings. The number of benzene rings is 1. The maximum atomic E-state index is 14.1. The Hall–Kier alpha value is -1.51. The molecule has 0 atom stereocenters. The maximum absolute atomic E-state index is 14.1. The van der Waals surface area contributed by atoms with Gasteiger partial charge in [-0.3, -0.25) is 4.79 Å². The van der Waals surface area contributed by atoms with Gasteiger partial charge < -0.3 is 10.4 Å². The standard InChI is InChI=1S/C16H23FN2O4S/c1-16(2,11-20)18-15(21)12-6-7-13(17)14(10-12)24(22,23)19-8-4-3-5-9-19/h6-7,10,20H,3-5,8-9,11H2,1-2H3,(H,18,21). The monoisotopic (exact) mass is 358 g/mol. The summed E-state index contributed by atoms with van der Waals surface area (Å²) in [6.07, 6.45) is 2.44. The number of aliphatic hydroxyl groups is 1. The predicted octanol–water partition coefficient (Wildman–Crippen LogP) is 1.50. The van der Waals surface area contributed by atoms with Crippen LogP contribution in [0.1, 0.15) is 43.5 Å². The molecule has 1 amide bonds. The van der Waals surface area contributed by atoms with Crippen molar-refractivity contribution in [1.29, 1.82) is 0 Å². The zero-order chi connectivity index (χ0) is 18.0. The van der Waals surface area contributed by atoms with Gasteiger partial charge in [0.25, 0.3) is 5.91 Å². The van der Waals surface area contributed by atoms with E-state index in [0.717, 1.165) is 31.4 Å². The molecular weight excluding hydrogens is 335 g/mol. The van der Waals surface area contributed by atoms with Crippen LogP contribution in [-0.4, -0.2) is 49.0 Å². The van der Waals surface area contributed by atoms with Crippen LogP contribution in [0.4, 0.5) is 4.39 Å². The number of hydrogen-bond donors (Lipinski definition) is 2. The Balaban J connectivity index is 2.33. The molecule has 0 bridgehead atoms. The number of aliphatic hydroxyl groups excluding tert-OH is 1. The van der Waals surface area contributed by atoms with E-state index in [0.29, 0.717) is 13.1 Å². The predicted molar refractivity (Wildman–Crippen MR) is 87.6 cm³/mol. The molecule has 1 heterocycles. The molecule has 1 aliphatic heterocycles. The highest BCUT2D eigenvalue weighted by atomic mass is 32.2. The first-order valence-corrected chi connectivity index (χ1v) is 9.34. The van der Waals surface area contributed by atoms with Gasteiger partial charge in [-0.05, 0) is 44.9 Å². The van der Waals surface area contributed by atoms with E-state index >= 15 is 0 Å². The Labute approximate surface area is 141 Å². The number of hydrogen-bond acceptors (Lipinski definition) is 4. The summed E-state index contributed by atoms with van der Waals surface area (Å²) in [6, 6.07) is 3.27. The first-order valence-electron chi connectivity index (χ1n) is 7.90. The Morgan fingerprint density at radius 1 is 1.29 bits per heavy atom. The number of carbonyl (C=O) groups is 1. The van der Waals surface area contributed by atoms with Crippen molar-refractivity contribution < 1.29 is 22.7 Å². The van der Waals surface area contributed by atoms with Crippen LogP contribution in [0.2, 0.25) is 0 Å². The minimum absolute atomic E-state index is 0.0357.